The third kappa shape index (κ3) is 22.0. The van der Waals surface area contributed by atoms with Gasteiger partial charge in [-0.05, 0) is 27.2 Å². The smallest absolute Gasteiger partial charge is 0.0781 e. The SMILES string of the molecule is CCCCCCCCCCCCCCOCC(C)OCC(C)OCC(C)N. The topological polar surface area (TPSA) is 53.7 Å². The first-order valence-electron chi connectivity index (χ1n) is 11.6. The van der Waals surface area contributed by atoms with Crippen LogP contribution in [0.3, 0.4) is 0 Å². The number of nitrogens with two attached hydrogens (primary N) is 1. The number of rotatable bonds is 21. The summed E-state index contributed by atoms with van der Waals surface area (Å²) in [4.78, 5) is 0. The van der Waals surface area contributed by atoms with Crippen LogP contribution in [0.4, 0.5) is 0 Å². The van der Waals surface area contributed by atoms with Crippen molar-refractivity contribution in [3.05, 3.63) is 0 Å². The van der Waals surface area contributed by atoms with Crippen molar-refractivity contribution in [1.82, 2.24) is 0 Å². The highest BCUT2D eigenvalue weighted by atomic mass is 16.6. The second-order valence-corrected chi connectivity index (χ2v) is 8.23. The number of hydrogen-bond acceptors (Lipinski definition) is 4. The van der Waals surface area contributed by atoms with Gasteiger partial charge in [0.05, 0.1) is 32.0 Å². The fraction of sp³-hybridized carbons (Fsp3) is 1.00. The third-order valence-corrected chi connectivity index (χ3v) is 4.75. The number of hydrogen-bond donors (Lipinski definition) is 1. The molecule has 164 valence electrons. The van der Waals surface area contributed by atoms with Crippen LogP contribution in [0.1, 0.15) is 105 Å². The molecule has 0 saturated heterocycles. The lowest BCUT2D eigenvalue weighted by atomic mass is 10.1. The van der Waals surface area contributed by atoms with E-state index in [1.165, 1.54) is 70.6 Å². The van der Waals surface area contributed by atoms with E-state index in [0.29, 0.717) is 19.8 Å². The highest BCUT2D eigenvalue weighted by molar-refractivity contribution is 4.56. The number of unbranched alkanes of at least 4 members (excludes halogenated alkanes) is 11. The van der Waals surface area contributed by atoms with E-state index in [4.69, 9.17) is 19.9 Å². The second-order valence-electron chi connectivity index (χ2n) is 8.23. The van der Waals surface area contributed by atoms with Gasteiger partial charge in [-0.25, -0.2) is 0 Å². The molecule has 0 bridgehead atoms. The van der Waals surface area contributed by atoms with Gasteiger partial charge in [-0.2, -0.15) is 0 Å². The molecule has 3 atom stereocenters. The Balaban J connectivity index is 3.23. The van der Waals surface area contributed by atoms with Crippen molar-refractivity contribution in [2.75, 3.05) is 26.4 Å². The third-order valence-electron chi connectivity index (χ3n) is 4.75. The molecule has 0 aromatic heterocycles. The molecule has 0 radical (unpaired) electrons. The summed E-state index contributed by atoms with van der Waals surface area (Å²) in [6.45, 7) is 11.0. The van der Waals surface area contributed by atoms with Crippen LogP contribution in [0.2, 0.25) is 0 Å². The molecule has 0 aromatic rings. The molecular formula is C23H49NO3. The van der Waals surface area contributed by atoms with Crippen LogP contribution in [0.15, 0.2) is 0 Å². The van der Waals surface area contributed by atoms with E-state index in [1.54, 1.807) is 0 Å². The van der Waals surface area contributed by atoms with Gasteiger partial charge in [0.2, 0.25) is 0 Å². The maximum atomic E-state index is 5.76. The average molecular weight is 388 g/mol. The van der Waals surface area contributed by atoms with Crippen molar-refractivity contribution in [2.24, 2.45) is 5.73 Å². The van der Waals surface area contributed by atoms with E-state index in [-0.39, 0.29) is 18.2 Å². The van der Waals surface area contributed by atoms with Crippen LogP contribution < -0.4 is 5.73 Å². The predicted molar refractivity (Wildman–Crippen MR) is 116 cm³/mol. The molecule has 0 spiro atoms. The minimum Gasteiger partial charge on any atom is -0.379 e. The van der Waals surface area contributed by atoms with Crippen LogP contribution in [0, 0.1) is 0 Å². The van der Waals surface area contributed by atoms with Crippen LogP contribution in [0.5, 0.6) is 0 Å². The van der Waals surface area contributed by atoms with Crippen molar-refractivity contribution in [3.8, 4) is 0 Å². The molecule has 0 amide bonds. The van der Waals surface area contributed by atoms with E-state index in [1.807, 2.05) is 13.8 Å². The van der Waals surface area contributed by atoms with Gasteiger partial charge in [-0.3, -0.25) is 0 Å². The van der Waals surface area contributed by atoms with Crippen molar-refractivity contribution < 1.29 is 14.2 Å². The Hall–Kier alpha value is -0.160. The fourth-order valence-electron chi connectivity index (χ4n) is 3.01. The molecule has 0 aliphatic heterocycles. The van der Waals surface area contributed by atoms with Gasteiger partial charge >= 0.3 is 0 Å². The monoisotopic (exact) mass is 387 g/mol. The van der Waals surface area contributed by atoms with Gasteiger partial charge < -0.3 is 19.9 Å². The zero-order valence-corrected chi connectivity index (χ0v) is 18.8. The highest BCUT2D eigenvalue weighted by Gasteiger charge is 2.08. The van der Waals surface area contributed by atoms with Gasteiger partial charge in [0.25, 0.3) is 0 Å². The molecule has 0 aliphatic rings. The Kier molecular flexibility index (Phi) is 20.4. The highest BCUT2D eigenvalue weighted by Crippen LogP contribution is 2.12. The van der Waals surface area contributed by atoms with E-state index in [2.05, 4.69) is 13.8 Å². The maximum Gasteiger partial charge on any atom is 0.0781 e. The molecular weight excluding hydrogens is 338 g/mol. The number of ether oxygens (including phenoxy) is 3. The molecule has 0 rings (SSSR count). The van der Waals surface area contributed by atoms with E-state index in [9.17, 15) is 0 Å². The van der Waals surface area contributed by atoms with E-state index in [0.717, 1.165) is 13.0 Å². The predicted octanol–water partition coefficient (Wildman–Crippen LogP) is 5.86. The lowest BCUT2D eigenvalue weighted by molar-refractivity contribution is -0.0586. The van der Waals surface area contributed by atoms with Gasteiger partial charge in [-0.15, -0.1) is 0 Å². The first-order valence-corrected chi connectivity index (χ1v) is 11.6. The van der Waals surface area contributed by atoms with Crippen molar-refractivity contribution in [1.29, 1.82) is 0 Å². The molecule has 2 N–H and O–H groups in total. The molecule has 4 heteroatoms. The summed E-state index contributed by atoms with van der Waals surface area (Å²) in [6, 6.07) is 0.0729. The summed E-state index contributed by atoms with van der Waals surface area (Å²) < 4.78 is 17.1. The molecule has 0 aliphatic carbocycles. The van der Waals surface area contributed by atoms with Gasteiger partial charge in [0.1, 0.15) is 0 Å². The summed E-state index contributed by atoms with van der Waals surface area (Å²) in [6.07, 6.45) is 16.7. The summed E-state index contributed by atoms with van der Waals surface area (Å²) in [5.41, 5.74) is 5.68. The molecule has 27 heavy (non-hydrogen) atoms. The molecule has 0 fully saturated rings. The molecule has 3 unspecified atom stereocenters. The normalized spacial score (nSPS) is 15.0. The first kappa shape index (κ1) is 26.8. The van der Waals surface area contributed by atoms with Crippen LogP contribution in [0.25, 0.3) is 0 Å². The molecule has 4 nitrogen and oxygen atoms in total. The lowest BCUT2D eigenvalue weighted by Gasteiger charge is -2.18. The van der Waals surface area contributed by atoms with Crippen molar-refractivity contribution >= 4 is 0 Å². The Labute approximate surface area is 169 Å². The molecule has 0 heterocycles. The van der Waals surface area contributed by atoms with Crippen LogP contribution >= 0.6 is 0 Å². The largest absolute Gasteiger partial charge is 0.379 e. The van der Waals surface area contributed by atoms with Crippen molar-refractivity contribution in [2.45, 2.75) is 123 Å². The Bertz CT molecular complexity index is 287. The minimum atomic E-state index is 0.0729. The molecule has 0 saturated carbocycles. The summed E-state index contributed by atoms with van der Waals surface area (Å²) in [5, 5.41) is 0. The second kappa shape index (κ2) is 20.6. The standard InChI is InChI=1S/C23H49NO3/c1-5-6-7-8-9-10-11-12-13-14-15-16-17-25-19-22(3)27-20-23(4)26-18-21(2)24/h21-23H,5-20,24H2,1-4H3. The van der Waals surface area contributed by atoms with Crippen molar-refractivity contribution in [3.63, 3.8) is 0 Å². The van der Waals surface area contributed by atoms with Crippen LogP contribution in [-0.4, -0.2) is 44.7 Å². The van der Waals surface area contributed by atoms with Crippen LogP contribution in [-0.2, 0) is 14.2 Å². The lowest BCUT2D eigenvalue weighted by Crippen LogP contribution is -2.28. The minimum absolute atomic E-state index is 0.0729. The van der Waals surface area contributed by atoms with E-state index < -0.39 is 0 Å². The summed E-state index contributed by atoms with van der Waals surface area (Å²) in [7, 11) is 0. The zero-order valence-electron chi connectivity index (χ0n) is 18.8. The zero-order chi connectivity index (χ0) is 20.2. The van der Waals surface area contributed by atoms with Gasteiger partial charge in [-0.1, -0.05) is 77.6 Å². The maximum absolute atomic E-state index is 5.76. The van der Waals surface area contributed by atoms with Gasteiger partial charge in [0.15, 0.2) is 0 Å². The summed E-state index contributed by atoms with van der Waals surface area (Å²) in [5.74, 6) is 0. The van der Waals surface area contributed by atoms with Gasteiger partial charge in [0, 0.05) is 12.6 Å². The average Bonchev–Trinajstić information content (AvgIpc) is 2.64. The first-order chi connectivity index (χ1) is 13.1. The fourth-order valence-corrected chi connectivity index (χ4v) is 3.01. The Morgan fingerprint density at radius 2 is 1.04 bits per heavy atom. The van der Waals surface area contributed by atoms with E-state index >= 15 is 0 Å². The Morgan fingerprint density at radius 3 is 1.56 bits per heavy atom. The molecule has 0 aromatic carbocycles. The summed E-state index contributed by atoms with van der Waals surface area (Å²) >= 11 is 0. The quantitative estimate of drug-likeness (QED) is 0.251. The Morgan fingerprint density at radius 1 is 0.593 bits per heavy atom.